The Morgan fingerprint density at radius 3 is 2.77 bits per heavy atom. The molecule has 1 saturated heterocycles. The Balaban J connectivity index is 1.36. The average molecular weight is 575 g/mol. The number of carbonyl (C=O) groups is 1. The Morgan fingerprint density at radius 1 is 1.17 bits per heavy atom. The van der Waals surface area contributed by atoms with E-state index in [2.05, 4.69) is 36.6 Å². The summed E-state index contributed by atoms with van der Waals surface area (Å²) in [5, 5.41) is 11.8. The predicted molar refractivity (Wildman–Crippen MR) is 141 cm³/mol. The van der Waals surface area contributed by atoms with E-state index in [9.17, 15) is 4.79 Å². The standard InChI is InChI=1S/C24H22BrCl2N7O/c25-20-13-30-34-22(29-12-15-3-1-5-28-11-15)10-21(32-23(20)34)16-4-2-6-33(14-16)24(35)31-19-8-17(26)7-18(27)9-19/h1,3,5,7-11,13,16,29H,2,4,6,12,14H2,(H,31,35). The summed E-state index contributed by atoms with van der Waals surface area (Å²) in [6.45, 7) is 1.82. The number of anilines is 2. The molecule has 180 valence electrons. The van der Waals surface area contributed by atoms with Crippen molar-refractivity contribution in [1.82, 2.24) is 24.5 Å². The number of pyridine rings is 1. The summed E-state index contributed by atoms with van der Waals surface area (Å²) < 4.78 is 2.59. The molecule has 2 amide bonds. The van der Waals surface area contributed by atoms with Crippen LogP contribution in [0.4, 0.5) is 16.3 Å². The van der Waals surface area contributed by atoms with Crippen molar-refractivity contribution in [3.8, 4) is 0 Å². The van der Waals surface area contributed by atoms with Gasteiger partial charge in [0.15, 0.2) is 5.65 Å². The van der Waals surface area contributed by atoms with E-state index in [1.807, 2.05) is 29.3 Å². The van der Waals surface area contributed by atoms with Crippen LogP contribution in [-0.4, -0.2) is 43.6 Å². The first kappa shape index (κ1) is 23.8. The number of aromatic nitrogens is 4. The van der Waals surface area contributed by atoms with Crippen LogP contribution >= 0.6 is 39.1 Å². The van der Waals surface area contributed by atoms with Gasteiger partial charge in [-0.2, -0.15) is 9.61 Å². The molecule has 35 heavy (non-hydrogen) atoms. The van der Waals surface area contributed by atoms with Gasteiger partial charge in [0.1, 0.15) is 5.82 Å². The Bertz CT molecular complexity index is 1340. The van der Waals surface area contributed by atoms with E-state index in [-0.39, 0.29) is 11.9 Å². The van der Waals surface area contributed by atoms with Gasteiger partial charge >= 0.3 is 6.03 Å². The fourth-order valence-electron chi connectivity index (χ4n) is 4.22. The number of urea groups is 1. The van der Waals surface area contributed by atoms with E-state index in [4.69, 9.17) is 28.2 Å². The zero-order valence-corrected chi connectivity index (χ0v) is 21.7. The highest BCUT2D eigenvalue weighted by atomic mass is 79.9. The van der Waals surface area contributed by atoms with E-state index in [1.54, 1.807) is 35.1 Å². The molecule has 4 heterocycles. The number of fused-ring (bicyclic) bond motifs is 1. The lowest BCUT2D eigenvalue weighted by atomic mass is 9.94. The molecule has 2 N–H and O–H groups in total. The smallest absolute Gasteiger partial charge is 0.321 e. The number of likely N-dealkylation sites (tertiary alicyclic amines) is 1. The van der Waals surface area contributed by atoms with Gasteiger partial charge in [-0.1, -0.05) is 29.3 Å². The van der Waals surface area contributed by atoms with Crippen LogP contribution in [0.25, 0.3) is 5.65 Å². The molecule has 1 aliphatic rings. The molecule has 1 fully saturated rings. The van der Waals surface area contributed by atoms with Crippen molar-refractivity contribution in [3.05, 3.63) is 80.8 Å². The van der Waals surface area contributed by atoms with E-state index in [0.717, 1.165) is 40.0 Å². The number of nitrogens with zero attached hydrogens (tertiary/aromatic N) is 5. The van der Waals surface area contributed by atoms with Gasteiger partial charge in [0.05, 0.1) is 16.4 Å². The normalized spacial score (nSPS) is 15.9. The molecule has 8 nitrogen and oxygen atoms in total. The lowest BCUT2D eigenvalue weighted by Gasteiger charge is -2.32. The third-order valence-electron chi connectivity index (χ3n) is 5.89. The van der Waals surface area contributed by atoms with Crippen LogP contribution in [0, 0.1) is 0 Å². The second-order valence-corrected chi connectivity index (χ2v) is 10.1. The van der Waals surface area contributed by atoms with Crippen LogP contribution in [0.3, 0.4) is 0 Å². The van der Waals surface area contributed by atoms with Crippen LogP contribution in [0.5, 0.6) is 0 Å². The minimum absolute atomic E-state index is 0.0863. The van der Waals surface area contributed by atoms with Crippen molar-refractivity contribution in [1.29, 1.82) is 0 Å². The molecule has 0 bridgehead atoms. The van der Waals surface area contributed by atoms with E-state index >= 15 is 0 Å². The molecule has 1 unspecified atom stereocenters. The number of piperidine rings is 1. The summed E-state index contributed by atoms with van der Waals surface area (Å²) in [7, 11) is 0. The van der Waals surface area contributed by atoms with Gasteiger partial charge < -0.3 is 15.5 Å². The Morgan fingerprint density at radius 2 is 2.00 bits per heavy atom. The number of rotatable bonds is 5. The molecule has 1 aliphatic heterocycles. The maximum Gasteiger partial charge on any atom is 0.321 e. The van der Waals surface area contributed by atoms with Crippen LogP contribution in [0.2, 0.25) is 10.0 Å². The summed E-state index contributed by atoms with van der Waals surface area (Å²) in [5.41, 5.74) is 3.27. The van der Waals surface area contributed by atoms with Gasteiger partial charge in [0, 0.05) is 59.7 Å². The van der Waals surface area contributed by atoms with Gasteiger partial charge in [0.25, 0.3) is 0 Å². The summed E-state index contributed by atoms with van der Waals surface area (Å²) in [6, 6.07) is 10.8. The van der Waals surface area contributed by atoms with Crippen molar-refractivity contribution < 1.29 is 4.79 Å². The van der Waals surface area contributed by atoms with Crippen molar-refractivity contribution in [3.63, 3.8) is 0 Å². The predicted octanol–water partition coefficient (Wildman–Crippen LogP) is 6.22. The second-order valence-electron chi connectivity index (χ2n) is 8.38. The Kier molecular flexibility index (Phi) is 7.08. The molecule has 3 aromatic heterocycles. The zero-order valence-electron chi connectivity index (χ0n) is 18.6. The van der Waals surface area contributed by atoms with Crippen molar-refractivity contribution in [2.24, 2.45) is 0 Å². The topological polar surface area (TPSA) is 87.5 Å². The SMILES string of the molecule is O=C(Nc1cc(Cl)cc(Cl)c1)N1CCCC(c2cc(NCc3cccnc3)n3ncc(Br)c3n2)C1. The van der Waals surface area contributed by atoms with Gasteiger partial charge in [-0.25, -0.2) is 9.78 Å². The maximum absolute atomic E-state index is 13.0. The fraction of sp³-hybridized carbons (Fsp3) is 0.250. The number of amides is 2. The highest BCUT2D eigenvalue weighted by Crippen LogP contribution is 2.30. The van der Waals surface area contributed by atoms with E-state index in [0.29, 0.717) is 35.4 Å². The third-order valence-corrected chi connectivity index (χ3v) is 6.88. The van der Waals surface area contributed by atoms with E-state index in [1.165, 1.54) is 0 Å². The largest absolute Gasteiger partial charge is 0.366 e. The molecular formula is C24H22BrCl2N7O. The summed E-state index contributed by atoms with van der Waals surface area (Å²) in [4.78, 5) is 23.9. The van der Waals surface area contributed by atoms with Crippen molar-refractivity contribution >= 4 is 62.3 Å². The highest BCUT2D eigenvalue weighted by Gasteiger charge is 2.27. The lowest BCUT2D eigenvalue weighted by Crippen LogP contribution is -2.41. The fourth-order valence-corrected chi connectivity index (χ4v) is 5.09. The minimum Gasteiger partial charge on any atom is -0.366 e. The molecule has 0 spiro atoms. The number of carbonyl (C=O) groups excluding carboxylic acids is 1. The first-order chi connectivity index (χ1) is 17.0. The van der Waals surface area contributed by atoms with Crippen LogP contribution < -0.4 is 10.6 Å². The van der Waals surface area contributed by atoms with E-state index < -0.39 is 0 Å². The number of hydrogen-bond acceptors (Lipinski definition) is 5. The number of hydrogen-bond donors (Lipinski definition) is 2. The zero-order chi connectivity index (χ0) is 24.4. The maximum atomic E-state index is 13.0. The Hall–Kier alpha value is -2.88. The molecule has 1 atom stereocenters. The molecule has 0 aliphatic carbocycles. The molecule has 5 rings (SSSR count). The first-order valence-electron chi connectivity index (χ1n) is 11.2. The molecule has 4 aromatic rings. The van der Waals surface area contributed by atoms with Crippen LogP contribution in [-0.2, 0) is 6.54 Å². The molecule has 11 heteroatoms. The molecule has 1 aromatic carbocycles. The molecule has 0 radical (unpaired) electrons. The van der Waals surface area contributed by atoms with Crippen LogP contribution in [0.1, 0.15) is 30.0 Å². The van der Waals surface area contributed by atoms with Gasteiger partial charge in [0.2, 0.25) is 0 Å². The quantitative estimate of drug-likeness (QED) is 0.295. The van der Waals surface area contributed by atoms with Crippen molar-refractivity contribution in [2.75, 3.05) is 23.7 Å². The third kappa shape index (κ3) is 5.52. The minimum atomic E-state index is -0.186. The van der Waals surface area contributed by atoms with Crippen LogP contribution in [0.15, 0.2) is 59.5 Å². The molecular weight excluding hydrogens is 553 g/mol. The van der Waals surface area contributed by atoms with Gasteiger partial charge in [-0.15, -0.1) is 0 Å². The van der Waals surface area contributed by atoms with Gasteiger partial charge in [-0.05, 0) is 58.6 Å². The number of benzene rings is 1. The molecule has 0 saturated carbocycles. The second kappa shape index (κ2) is 10.4. The number of halogens is 3. The summed E-state index contributed by atoms with van der Waals surface area (Å²) in [5.74, 6) is 0.915. The Labute approximate surface area is 220 Å². The average Bonchev–Trinajstić information content (AvgIpc) is 3.23. The first-order valence-corrected chi connectivity index (χ1v) is 12.7. The van der Waals surface area contributed by atoms with Gasteiger partial charge in [-0.3, -0.25) is 4.98 Å². The number of nitrogens with one attached hydrogen (secondary N) is 2. The lowest BCUT2D eigenvalue weighted by molar-refractivity contribution is 0.192. The highest BCUT2D eigenvalue weighted by molar-refractivity contribution is 9.10. The summed E-state index contributed by atoms with van der Waals surface area (Å²) in [6.07, 6.45) is 7.13. The van der Waals surface area contributed by atoms with Crippen molar-refractivity contribution in [2.45, 2.75) is 25.3 Å². The summed E-state index contributed by atoms with van der Waals surface area (Å²) >= 11 is 15.7. The monoisotopic (exact) mass is 573 g/mol.